The lowest BCUT2D eigenvalue weighted by molar-refractivity contribution is 0.0931. The largest absolute Gasteiger partial charge is 0.495 e. The van der Waals surface area contributed by atoms with Crippen LogP contribution >= 0.6 is 0 Å². The van der Waals surface area contributed by atoms with Crippen molar-refractivity contribution in [2.24, 2.45) is 0 Å². The maximum absolute atomic E-state index is 13.2. The number of carbonyl (C=O) groups excluding carboxylic acids is 1. The normalized spacial score (nSPS) is 12.1. The van der Waals surface area contributed by atoms with Crippen molar-refractivity contribution < 1.29 is 17.9 Å². The van der Waals surface area contributed by atoms with E-state index in [4.69, 9.17) is 4.74 Å². The predicted octanol–water partition coefficient (Wildman–Crippen LogP) is 3.28. The second kappa shape index (κ2) is 10.4. The molecule has 0 spiro atoms. The first-order chi connectivity index (χ1) is 16.9. The topological polar surface area (TPSA) is 106 Å². The van der Waals surface area contributed by atoms with Gasteiger partial charge in [0.05, 0.1) is 30.3 Å². The van der Waals surface area contributed by atoms with Gasteiger partial charge in [-0.25, -0.2) is 13.4 Å². The summed E-state index contributed by atoms with van der Waals surface area (Å²) in [6.07, 6.45) is 3.02. The van der Waals surface area contributed by atoms with Crippen LogP contribution in [0.5, 0.6) is 5.75 Å². The Labute approximate surface area is 204 Å². The Morgan fingerprint density at radius 3 is 2.37 bits per heavy atom. The molecule has 1 amide bonds. The molecule has 1 heterocycles. The number of sulfonamides is 1. The fourth-order valence-corrected chi connectivity index (χ4v) is 4.84. The summed E-state index contributed by atoms with van der Waals surface area (Å²) in [6.45, 7) is 0.395. The van der Waals surface area contributed by atoms with E-state index in [-0.39, 0.29) is 16.8 Å². The Morgan fingerprint density at radius 1 is 1.03 bits per heavy atom. The summed E-state index contributed by atoms with van der Waals surface area (Å²) < 4.78 is 34.4. The van der Waals surface area contributed by atoms with Gasteiger partial charge in [0, 0.05) is 12.6 Å². The van der Waals surface area contributed by atoms with Gasteiger partial charge in [0.25, 0.3) is 15.9 Å². The lowest BCUT2D eigenvalue weighted by Crippen LogP contribution is -2.31. The molecule has 1 N–H and O–H groups in total. The second-order valence-corrected chi connectivity index (χ2v) is 9.69. The van der Waals surface area contributed by atoms with E-state index in [1.807, 2.05) is 30.3 Å². The van der Waals surface area contributed by atoms with E-state index >= 15 is 0 Å². The molecular formula is C25H25N5O4S. The quantitative estimate of drug-likeness (QED) is 0.385. The van der Waals surface area contributed by atoms with Gasteiger partial charge >= 0.3 is 0 Å². The van der Waals surface area contributed by atoms with Gasteiger partial charge in [-0.05, 0) is 42.0 Å². The van der Waals surface area contributed by atoms with E-state index in [0.29, 0.717) is 23.5 Å². The summed E-state index contributed by atoms with van der Waals surface area (Å²) in [6, 6.07) is 21.9. The molecule has 1 unspecified atom stereocenters. The average molecular weight is 492 g/mol. The number of para-hydroxylation sites is 2. The molecule has 0 saturated heterocycles. The van der Waals surface area contributed by atoms with Gasteiger partial charge in [0.2, 0.25) is 0 Å². The van der Waals surface area contributed by atoms with Crippen LogP contribution in [0.15, 0.2) is 96.4 Å². The van der Waals surface area contributed by atoms with Crippen LogP contribution in [0.2, 0.25) is 0 Å². The Kier molecular flexibility index (Phi) is 7.11. The number of nitrogens with one attached hydrogen (secondary N) is 1. The fraction of sp³-hybridized carbons (Fsp3) is 0.160. The van der Waals surface area contributed by atoms with Crippen molar-refractivity contribution in [1.29, 1.82) is 0 Å². The maximum atomic E-state index is 13.2. The van der Waals surface area contributed by atoms with Gasteiger partial charge in [0.15, 0.2) is 0 Å². The van der Waals surface area contributed by atoms with Crippen molar-refractivity contribution in [3.05, 3.63) is 103 Å². The maximum Gasteiger partial charge on any atom is 0.264 e. The van der Waals surface area contributed by atoms with Gasteiger partial charge in [-0.3, -0.25) is 13.8 Å². The van der Waals surface area contributed by atoms with Crippen LogP contribution in [-0.2, 0) is 16.6 Å². The number of nitrogens with zero attached hydrogens (tertiary/aromatic N) is 4. The molecule has 0 aliphatic heterocycles. The molecule has 10 heteroatoms. The second-order valence-electron chi connectivity index (χ2n) is 7.72. The van der Waals surface area contributed by atoms with Gasteiger partial charge in [-0.15, -0.1) is 0 Å². The third-order valence-corrected chi connectivity index (χ3v) is 7.33. The van der Waals surface area contributed by atoms with Crippen LogP contribution in [0, 0.1) is 0 Å². The van der Waals surface area contributed by atoms with Crippen LogP contribution < -0.4 is 14.4 Å². The Bertz CT molecular complexity index is 1380. The number of rotatable bonds is 9. The van der Waals surface area contributed by atoms with Gasteiger partial charge in [-0.1, -0.05) is 42.5 Å². The number of benzene rings is 3. The number of hydrogen-bond donors (Lipinski definition) is 1. The lowest BCUT2D eigenvalue weighted by Gasteiger charge is -2.22. The lowest BCUT2D eigenvalue weighted by atomic mass is 10.1. The monoisotopic (exact) mass is 491 g/mol. The molecule has 1 atom stereocenters. The third kappa shape index (κ3) is 5.33. The molecule has 4 aromatic rings. The average Bonchev–Trinajstić information content (AvgIpc) is 3.41. The minimum atomic E-state index is -3.86. The minimum Gasteiger partial charge on any atom is -0.495 e. The number of ether oxygens (including phenoxy) is 1. The summed E-state index contributed by atoms with van der Waals surface area (Å²) >= 11 is 0. The zero-order valence-electron chi connectivity index (χ0n) is 19.3. The molecule has 35 heavy (non-hydrogen) atoms. The van der Waals surface area contributed by atoms with Crippen molar-refractivity contribution in [3.8, 4) is 5.75 Å². The van der Waals surface area contributed by atoms with Crippen LogP contribution in [0.25, 0.3) is 0 Å². The summed E-state index contributed by atoms with van der Waals surface area (Å²) in [5.41, 5.74) is 1.66. The highest BCUT2D eigenvalue weighted by Crippen LogP contribution is 2.31. The molecule has 4 rings (SSSR count). The van der Waals surface area contributed by atoms with Crippen LogP contribution in [-0.4, -0.2) is 43.2 Å². The van der Waals surface area contributed by atoms with E-state index in [9.17, 15) is 13.2 Å². The Hall–Kier alpha value is -4.18. The summed E-state index contributed by atoms with van der Waals surface area (Å²) in [7, 11) is -0.919. The van der Waals surface area contributed by atoms with Crippen LogP contribution in [0.4, 0.5) is 5.69 Å². The standard InChI is InChI=1S/C25H25N5O4S/c1-29(23-10-6-7-11-24(23)34-2)35(32,33)21-14-12-20(13-15-21)25(31)28-22(16-30-18-26-17-27-30)19-8-4-3-5-9-19/h3-15,17-18,22H,16H2,1-2H3,(H,28,31). The highest BCUT2D eigenvalue weighted by atomic mass is 32.2. The number of methoxy groups -OCH3 is 1. The number of aromatic nitrogens is 3. The first-order valence-electron chi connectivity index (χ1n) is 10.8. The SMILES string of the molecule is COc1ccccc1N(C)S(=O)(=O)c1ccc(C(=O)NC(Cn2cncn2)c2ccccc2)cc1. The summed E-state index contributed by atoms with van der Waals surface area (Å²) in [4.78, 5) is 17.0. The first kappa shape index (κ1) is 24.0. The van der Waals surface area contributed by atoms with E-state index in [1.54, 1.807) is 35.3 Å². The molecule has 0 aliphatic carbocycles. The van der Waals surface area contributed by atoms with Crippen molar-refractivity contribution in [3.63, 3.8) is 0 Å². The molecule has 3 aromatic carbocycles. The van der Waals surface area contributed by atoms with Crippen molar-refractivity contribution in [1.82, 2.24) is 20.1 Å². The minimum absolute atomic E-state index is 0.0599. The molecule has 0 radical (unpaired) electrons. The Balaban J connectivity index is 1.53. The molecule has 0 saturated carbocycles. The fourth-order valence-electron chi connectivity index (χ4n) is 3.63. The number of carbonyl (C=O) groups is 1. The first-order valence-corrected chi connectivity index (χ1v) is 12.2. The predicted molar refractivity (Wildman–Crippen MR) is 132 cm³/mol. The van der Waals surface area contributed by atoms with Gasteiger partial charge in [0.1, 0.15) is 18.4 Å². The molecule has 1 aromatic heterocycles. The smallest absolute Gasteiger partial charge is 0.264 e. The molecule has 9 nitrogen and oxygen atoms in total. The van der Waals surface area contributed by atoms with Crippen molar-refractivity contribution in [2.75, 3.05) is 18.5 Å². The van der Waals surface area contributed by atoms with E-state index in [1.165, 1.54) is 44.8 Å². The third-order valence-electron chi connectivity index (χ3n) is 5.54. The van der Waals surface area contributed by atoms with E-state index in [0.717, 1.165) is 9.87 Å². The van der Waals surface area contributed by atoms with Crippen molar-refractivity contribution in [2.45, 2.75) is 17.5 Å². The van der Waals surface area contributed by atoms with E-state index in [2.05, 4.69) is 15.4 Å². The van der Waals surface area contributed by atoms with Crippen LogP contribution in [0.1, 0.15) is 22.0 Å². The molecule has 0 bridgehead atoms. The Morgan fingerprint density at radius 2 is 1.71 bits per heavy atom. The molecule has 0 aliphatic rings. The highest BCUT2D eigenvalue weighted by molar-refractivity contribution is 7.92. The molecule has 0 fully saturated rings. The van der Waals surface area contributed by atoms with E-state index < -0.39 is 10.0 Å². The number of anilines is 1. The van der Waals surface area contributed by atoms with Gasteiger partial charge in [-0.2, -0.15) is 5.10 Å². The van der Waals surface area contributed by atoms with Crippen LogP contribution in [0.3, 0.4) is 0 Å². The highest BCUT2D eigenvalue weighted by Gasteiger charge is 2.24. The summed E-state index contributed by atoms with van der Waals surface area (Å²) in [5, 5.41) is 7.13. The zero-order chi connectivity index (χ0) is 24.8. The molecular weight excluding hydrogens is 466 g/mol. The number of amides is 1. The number of hydrogen-bond acceptors (Lipinski definition) is 6. The summed E-state index contributed by atoms with van der Waals surface area (Å²) in [5.74, 6) is 0.106. The zero-order valence-corrected chi connectivity index (χ0v) is 20.1. The van der Waals surface area contributed by atoms with Crippen molar-refractivity contribution >= 4 is 21.6 Å². The van der Waals surface area contributed by atoms with Gasteiger partial charge < -0.3 is 10.1 Å². The molecule has 180 valence electrons.